The average Bonchev–Trinajstić information content (AvgIpc) is 3.24. The predicted molar refractivity (Wildman–Crippen MR) is 226 cm³/mol. The minimum Gasteiger partial charge on any atom is -0.505 e. The molecule has 0 saturated carbocycles. The van der Waals surface area contributed by atoms with Gasteiger partial charge in [-0.3, -0.25) is 39.9 Å². The van der Waals surface area contributed by atoms with Gasteiger partial charge in [0.25, 0.3) is 11.6 Å². The number of fused-ring (bicyclic) bond motifs is 2. The van der Waals surface area contributed by atoms with Crippen molar-refractivity contribution in [3.05, 3.63) is 161 Å². The van der Waals surface area contributed by atoms with E-state index < -0.39 is 55.0 Å². The van der Waals surface area contributed by atoms with Gasteiger partial charge in [-0.2, -0.15) is 0 Å². The molecule has 0 heterocycles. The maximum Gasteiger partial charge on any atom is 0.314 e. The van der Waals surface area contributed by atoms with Gasteiger partial charge in [-0.25, -0.2) is 0 Å². The molecule has 0 aliphatic rings. The summed E-state index contributed by atoms with van der Waals surface area (Å²) in [4.78, 5) is 55.0. The van der Waals surface area contributed by atoms with E-state index >= 15 is 0 Å². The van der Waals surface area contributed by atoms with Crippen LogP contribution in [-0.4, -0.2) is 47.4 Å². The van der Waals surface area contributed by atoms with E-state index in [4.69, 9.17) is 23.2 Å². The third-order valence-electron chi connectivity index (χ3n) is 8.68. The number of aldehydes is 1. The summed E-state index contributed by atoms with van der Waals surface area (Å²) in [5.41, 5.74) is -2.35. The van der Waals surface area contributed by atoms with Crippen LogP contribution in [0.2, 0.25) is 10.0 Å². The topological polar surface area (TPSA) is 306 Å². The van der Waals surface area contributed by atoms with Crippen LogP contribution in [0.3, 0.4) is 0 Å². The van der Waals surface area contributed by atoms with Crippen LogP contribution in [-0.2, 0) is 17.1 Å². The van der Waals surface area contributed by atoms with Gasteiger partial charge in [0.05, 0.1) is 25.9 Å². The van der Waals surface area contributed by atoms with Crippen molar-refractivity contribution in [1.82, 2.24) is 0 Å². The second kappa shape index (κ2) is 19.5. The molecule has 0 atom stereocenters. The van der Waals surface area contributed by atoms with E-state index in [1.54, 1.807) is 48.5 Å². The van der Waals surface area contributed by atoms with Gasteiger partial charge in [0.1, 0.15) is 22.7 Å². The molecule has 0 radical (unpaired) electrons. The molecule has 0 saturated heterocycles. The second-order valence-electron chi connectivity index (χ2n) is 12.6. The molecule has 318 valence electrons. The maximum absolute atomic E-state index is 13.0. The van der Waals surface area contributed by atoms with Crippen molar-refractivity contribution in [1.29, 1.82) is 0 Å². The zero-order chi connectivity index (χ0) is 44.8. The normalized spacial score (nSPS) is 10.9. The molecular formula is C40H24Cl2FeN8O12. The SMILES string of the molecule is O=C(Nc1cccc([N+](=O)[O-])c1)c1cc2ccccc2c(N=Nc2cc(Cl)cc([N+](=O)[O-])c2O)c1O.O=Cc1cc2ccccc2c(N=Nc2cc(Cl)cc([N+](=O)[O-])c2O)c1O.[Fe]. The molecule has 0 spiro atoms. The van der Waals surface area contributed by atoms with Gasteiger partial charge in [0.15, 0.2) is 17.8 Å². The number of halogens is 2. The minimum absolute atomic E-state index is 0. The van der Waals surface area contributed by atoms with Crippen molar-refractivity contribution in [2.75, 3.05) is 5.32 Å². The quantitative estimate of drug-likeness (QED) is 0.0281. The van der Waals surface area contributed by atoms with Gasteiger partial charge in [-0.1, -0.05) is 77.8 Å². The largest absolute Gasteiger partial charge is 0.505 e. The first-order valence-electron chi connectivity index (χ1n) is 17.3. The Morgan fingerprint density at radius 1 is 0.587 bits per heavy atom. The van der Waals surface area contributed by atoms with Crippen LogP contribution in [0.15, 0.2) is 130 Å². The number of nitrogens with one attached hydrogen (secondary N) is 1. The van der Waals surface area contributed by atoms with Crippen molar-refractivity contribution >= 4 is 102 Å². The van der Waals surface area contributed by atoms with E-state index in [9.17, 15) is 60.4 Å². The van der Waals surface area contributed by atoms with Crippen molar-refractivity contribution in [2.24, 2.45) is 20.5 Å². The number of rotatable bonds is 10. The third kappa shape index (κ3) is 10.1. The Morgan fingerprint density at radius 2 is 1.08 bits per heavy atom. The van der Waals surface area contributed by atoms with E-state index in [1.165, 1.54) is 36.4 Å². The summed E-state index contributed by atoms with van der Waals surface area (Å²) >= 11 is 11.7. The monoisotopic (exact) mass is 934 g/mol. The summed E-state index contributed by atoms with van der Waals surface area (Å²) in [5.74, 6) is -3.23. The molecule has 7 rings (SSSR count). The first-order valence-corrected chi connectivity index (χ1v) is 18.0. The number of phenolic OH excluding ortho intramolecular Hbond substituents is 4. The molecule has 0 aromatic heterocycles. The van der Waals surface area contributed by atoms with Crippen molar-refractivity contribution < 1.29 is 61.9 Å². The molecule has 0 fully saturated rings. The van der Waals surface area contributed by atoms with Crippen LogP contribution in [0.1, 0.15) is 20.7 Å². The number of carbonyl (C=O) groups excluding carboxylic acids is 2. The Bertz CT molecular complexity index is 3080. The van der Waals surface area contributed by atoms with Crippen LogP contribution in [0.5, 0.6) is 23.0 Å². The molecule has 20 nitrogen and oxygen atoms in total. The van der Waals surface area contributed by atoms with Crippen molar-refractivity contribution in [3.63, 3.8) is 0 Å². The Labute approximate surface area is 372 Å². The molecule has 0 unspecified atom stereocenters. The molecular weight excluding hydrogens is 911 g/mol. The van der Waals surface area contributed by atoms with Crippen LogP contribution < -0.4 is 5.32 Å². The zero-order valence-electron chi connectivity index (χ0n) is 31.3. The molecule has 5 N–H and O–H groups in total. The number of nitrogens with zero attached hydrogens (tertiary/aromatic N) is 7. The number of nitro groups is 3. The molecule has 7 aromatic rings. The van der Waals surface area contributed by atoms with Gasteiger partial charge in [0.2, 0.25) is 11.5 Å². The van der Waals surface area contributed by atoms with Gasteiger partial charge in [-0.05, 0) is 41.1 Å². The van der Waals surface area contributed by atoms with Gasteiger partial charge < -0.3 is 25.7 Å². The summed E-state index contributed by atoms with van der Waals surface area (Å²) in [6, 6.07) is 25.9. The average molecular weight is 935 g/mol. The smallest absolute Gasteiger partial charge is 0.314 e. The number of aromatic hydroxyl groups is 4. The van der Waals surface area contributed by atoms with E-state index in [1.807, 2.05) is 0 Å². The number of hydrogen-bond acceptors (Lipinski definition) is 16. The van der Waals surface area contributed by atoms with E-state index in [-0.39, 0.29) is 72.4 Å². The summed E-state index contributed by atoms with van der Waals surface area (Å²) in [6.07, 6.45) is 0.475. The Hall–Kier alpha value is -8.10. The maximum atomic E-state index is 13.0. The fourth-order valence-electron chi connectivity index (χ4n) is 5.80. The number of non-ortho nitro benzene ring substituents is 1. The van der Waals surface area contributed by atoms with Gasteiger partial charge in [0, 0.05) is 67.8 Å². The number of amides is 1. The fourth-order valence-corrected chi connectivity index (χ4v) is 6.21. The van der Waals surface area contributed by atoms with Crippen molar-refractivity contribution in [2.45, 2.75) is 0 Å². The number of phenols is 4. The minimum atomic E-state index is -0.841. The number of benzene rings is 7. The van der Waals surface area contributed by atoms with E-state index in [2.05, 4.69) is 25.8 Å². The van der Waals surface area contributed by atoms with E-state index in [0.717, 1.165) is 24.3 Å². The first kappa shape index (κ1) is 46.0. The molecule has 63 heavy (non-hydrogen) atoms. The summed E-state index contributed by atoms with van der Waals surface area (Å²) in [7, 11) is 0. The number of hydrogen-bond donors (Lipinski definition) is 5. The standard InChI is InChI=1S/C23H14ClN5O7.C17H10ClN3O5.Fe/c24-13-9-18(22(31)19(10-13)29(35)36)26-27-20-16-7-2-1-4-12(16)8-17(21(20)30)23(32)25-14-5-3-6-15(11-14)28(33)34;18-11-6-13(17(24)14(7-11)21(25)26)19-20-15-12-4-2-1-3-9(12)5-10(8-22)16(15)23;/h1-11,30-31H,(H,25,32);1-8,23-24H;. The Balaban J connectivity index is 0.000000246. The Kier molecular flexibility index (Phi) is 14.2. The first-order chi connectivity index (χ1) is 29.6. The molecule has 1 amide bonds. The number of anilines is 1. The summed E-state index contributed by atoms with van der Waals surface area (Å²) in [5, 5.41) is 94.3. The molecule has 7 aromatic carbocycles. The third-order valence-corrected chi connectivity index (χ3v) is 9.12. The van der Waals surface area contributed by atoms with E-state index in [0.29, 0.717) is 27.8 Å². The van der Waals surface area contributed by atoms with Crippen LogP contribution in [0, 0.1) is 30.3 Å². The molecule has 23 heteroatoms. The summed E-state index contributed by atoms with van der Waals surface area (Å²) < 4.78 is 0. The van der Waals surface area contributed by atoms with Crippen LogP contribution in [0.4, 0.5) is 45.5 Å². The predicted octanol–water partition coefficient (Wildman–Crippen LogP) is 11.4. The molecule has 0 aliphatic carbocycles. The second-order valence-corrected chi connectivity index (χ2v) is 13.5. The van der Waals surface area contributed by atoms with Crippen LogP contribution in [0.25, 0.3) is 21.5 Å². The summed E-state index contributed by atoms with van der Waals surface area (Å²) in [6.45, 7) is 0. The molecule has 0 aliphatic heterocycles. The number of nitro benzene ring substituents is 3. The van der Waals surface area contributed by atoms with Gasteiger partial charge in [-0.15, -0.1) is 20.5 Å². The molecule has 0 bridgehead atoms. The van der Waals surface area contributed by atoms with Gasteiger partial charge >= 0.3 is 11.4 Å². The fraction of sp³-hybridized carbons (Fsp3) is 0. The van der Waals surface area contributed by atoms with Crippen LogP contribution >= 0.6 is 23.2 Å². The zero-order valence-corrected chi connectivity index (χ0v) is 33.9. The van der Waals surface area contributed by atoms with Crippen molar-refractivity contribution in [3.8, 4) is 23.0 Å². The Morgan fingerprint density at radius 3 is 1.57 bits per heavy atom. The number of carbonyl (C=O) groups is 2. The number of azo groups is 2.